The molecule has 17 heavy (non-hydrogen) atoms. The highest BCUT2D eigenvalue weighted by Crippen LogP contribution is 2.29. The second-order valence-corrected chi connectivity index (χ2v) is 4.25. The number of aromatic nitrogens is 2. The van der Waals surface area contributed by atoms with Gasteiger partial charge in [-0.1, -0.05) is 11.6 Å². The molecule has 1 aromatic heterocycles. The summed E-state index contributed by atoms with van der Waals surface area (Å²) < 4.78 is 5.28. The molecule has 4 heteroatoms. The third kappa shape index (κ3) is 2.39. The number of hydrogen-bond acceptors (Lipinski definition) is 3. The zero-order valence-electron chi connectivity index (χ0n) is 9.99. The van der Waals surface area contributed by atoms with Crippen molar-refractivity contribution in [2.45, 2.75) is 13.8 Å². The lowest BCUT2D eigenvalue weighted by atomic mass is 10.0. The minimum Gasteiger partial charge on any atom is -0.496 e. The Morgan fingerprint density at radius 3 is 2.47 bits per heavy atom. The van der Waals surface area contributed by atoms with Gasteiger partial charge in [-0.25, -0.2) is 9.97 Å². The quantitative estimate of drug-likeness (QED) is 0.764. The van der Waals surface area contributed by atoms with E-state index in [4.69, 9.17) is 16.3 Å². The van der Waals surface area contributed by atoms with E-state index in [1.54, 1.807) is 13.2 Å². The molecule has 0 bridgehead atoms. The minimum absolute atomic E-state index is 0.447. The molecule has 2 rings (SSSR count). The Morgan fingerprint density at radius 1 is 1.06 bits per heavy atom. The first kappa shape index (κ1) is 11.9. The predicted octanol–water partition coefficient (Wildman–Crippen LogP) is 3.42. The van der Waals surface area contributed by atoms with E-state index in [2.05, 4.69) is 9.97 Å². The molecule has 0 aliphatic rings. The first-order chi connectivity index (χ1) is 8.11. The highest BCUT2D eigenvalue weighted by atomic mass is 35.5. The Kier molecular flexibility index (Phi) is 3.29. The van der Waals surface area contributed by atoms with Crippen LogP contribution in [0.5, 0.6) is 5.75 Å². The van der Waals surface area contributed by atoms with E-state index >= 15 is 0 Å². The second-order valence-electron chi connectivity index (χ2n) is 3.86. The first-order valence-corrected chi connectivity index (χ1v) is 5.62. The molecular formula is C13H13ClN2O. The van der Waals surface area contributed by atoms with Crippen molar-refractivity contribution >= 4 is 11.6 Å². The molecule has 0 spiro atoms. The summed E-state index contributed by atoms with van der Waals surface area (Å²) >= 11 is 5.87. The van der Waals surface area contributed by atoms with Gasteiger partial charge in [0.25, 0.3) is 0 Å². The van der Waals surface area contributed by atoms with Crippen molar-refractivity contribution in [3.05, 3.63) is 40.8 Å². The van der Waals surface area contributed by atoms with Gasteiger partial charge in [0.15, 0.2) is 0 Å². The topological polar surface area (TPSA) is 35.0 Å². The van der Waals surface area contributed by atoms with E-state index in [-0.39, 0.29) is 0 Å². The largest absolute Gasteiger partial charge is 0.496 e. The summed E-state index contributed by atoms with van der Waals surface area (Å²) in [4.78, 5) is 8.11. The molecule has 1 aromatic carbocycles. The van der Waals surface area contributed by atoms with Crippen molar-refractivity contribution in [1.82, 2.24) is 9.97 Å². The van der Waals surface area contributed by atoms with Gasteiger partial charge >= 0.3 is 0 Å². The molecule has 0 N–H and O–H groups in total. The van der Waals surface area contributed by atoms with E-state index in [0.717, 1.165) is 28.1 Å². The number of halogens is 1. The van der Waals surface area contributed by atoms with Crippen LogP contribution < -0.4 is 4.74 Å². The second kappa shape index (κ2) is 4.72. The lowest BCUT2D eigenvalue weighted by Crippen LogP contribution is -1.93. The molecule has 0 atom stereocenters. The first-order valence-electron chi connectivity index (χ1n) is 5.25. The molecule has 0 unspecified atom stereocenters. The molecule has 0 saturated heterocycles. The van der Waals surface area contributed by atoms with Gasteiger partial charge in [0.1, 0.15) is 17.2 Å². The number of ether oxygens (including phenoxy) is 1. The van der Waals surface area contributed by atoms with E-state index in [1.165, 1.54) is 6.33 Å². The Hall–Kier alpha value is -1.61. The number of nitrogens with zero attached hydrogens (tertiary/aromatic N) is 2. The maximum atomic E-state index is 5.87. The third-order valence-corrected chi connectivity index (χ3v) is 2.86. The van der Waals surface area contributed by atoms with E-state index in [1.807, 2.05) is 26.0 Å². The number of aryl methyl sites for hydroxylation is 2. The van der Waals surface area contributed by atoms with Crippen molar-refractivity contribution in [2.75, 3.05) is 7.11 Å². The van der Waals surface area contributed by atoms with E-state index in [9.17, 15) is 0 Å². The van der Waals surface area contributed by atoms with Crippen LogP contribution in [0.25, 0.3) is 11.3 Å². The van der Waals surface area contributed by atoms with Gasteiger partial charge in [-0.2, -0.15) is 0 Å². The summed E-state index contributed by atoms with van der Waals surface area (Å²) in [7, 11) is 1.67. The molecule has 1 heterocycles. The third-order valence-electron chi connectivity index (χ3n) is 2.65. The zero-order chi connectivity index (χ0) is 12.4. The van der Waals surface area contributed by atoms with Gasteiger partial charge in [0, 0.05) is 11.6 Å². The Morgan fingerprint density at radius 2 is 1.82 bits per heavy atom. The summed E-state index contributed by atoms with van der Waals surface area (Å²) in [6.45, 7) is 4.03. The van der Waals surface area contributed by atoms with Gasteiger partial charge in [-0.3, -0.25) is 0 Å². The van der Waals surface area contributed by atoms with Crippen LogP contribution in [0, 0.1) is 13.8 Å². The van der Waals surface area contributed by atoms with Gasteiger partial charge < -0.3 is 4.74 Å². The maximum absolute atomic E-state index is 5.87. The number of hydrogen-bond donors (Lipinski definition) is 0. The Balaban J connectivity index is 2.56. The monoisotopic (exact) mass is 248 g/mol. The summed E-state index contributed by atoms with van der Waals surface area (Å²) in [6, 6.07) is 5.81. The zero-order valence-corrected chi connectivity index (χ0v) is 10.7. The van der Waals surface area contributed by atoms with E-state index in [0.29, 0.717) is 5.15 Å². The fourth-order valence-electron chi connectivity index (χ4n) is 1.77. The lowest BCUT2D eigenvalue weighted by molar-refractivity contribution is 0.411. The van der Waals surface area contributed by atoms with Crippen LogP contribution in [0.2, 0.25) is 5.15 Å². The highest BCUT2D eigenvalue weighted by molar-refractivity contribution is 6.29. The van der Waals surface area contributed by atoms with Crippen LogP contribution in [0.15, 0.2) is 24.5 Å². The molecule has 0 fully saturated rings. The number of benzene rings is 1. The Labute approximate surface area is 105 Å². The predicted molar refractivity (Wildman–Crippen MR) is 68.5 cm³/mol. The van der Waals surface area contributed by atoms with Crippen LogP contribution in [-0.4, -0.2) is 17.1 Å². The van der Waals surface area contributed by atoms with Crippen LogP contribution in [0.4, 0.5) is 0 Å². The van der Waals surface area contributed by atoms with Crippen molar-refractivity contribution in [1.29, 1.82) is 0 Å². The smallest absolute Gasteiger partial charge is 0.133 e. The Bertz CT molecular complexity index is 555. The molecule has 0 radical (unpaired) electrons. The molecule has 88 valence electrons. The number of methoxy groups -OCH3 is 1. The molecule has 2 aromatic rings. The van der Waals surface area contributed by atoms with Crippen molar-refractivity contribution < 1.29 is 4.74 Å². The highest BCUT2D eigenvalue weighted by Gasteiger charge is 2.08. The number of rotatable bonds is 2. The summed E-state index contributed by atoms with van der Waals surface area (Å²) in [5.74, 6) is 0.881. The molecule has 0 aliphatic carbocycles. The van der Waals surface area contributed by atoms with Gasteiger partial charge in [-0.05, 0) is 37.1 Å². The van der Waals surface area contributed by atoms with Crippen LogP contribution >= 0.6 is 11.6 Å². The van der Waals surface area contributed by atoms with Gasteiger partial charge in [0.05, 0.1) is 12.8 Å². The molecule has 0 saturated carbocycles. The molecular weight excluding hydrogens is 236 g/mol. The van der Waals surface area contributed by atoms with Crippen molar-refractivity contribution in [3.8, 4) is 17.0 Å². The van der Waals surface area contributed by atoms with Gasteiger partial charge in [-0.15, -0.1) is 0 Å². The van der Waals surface area contributed by atoms with E-state index < -0.39 is 0 Å². The SMILES string of the molecule is COc1cc(C)c(-c2cc(Cl)ncn2)cc1C. The fourth-order valence-corrected chi connectivity index (χ4v) is 1.91. The van der Waals surface area contributed by atoms with Crippen LogP contribution in [-0.2, 0) is 0 Å². The lowest BCUT2D eigenvalue weighted by Gasteiger charge is -2.10. The average molecular weight is 249 g/mol. The maximum Gasteiger partial charge on any atom is 0.133 e. The summed E-state index contributed by atoms with van der Waals surface area (Å²) in [5.41, 5.74) is 4.05. The van der Waals surface area contributed by atoms with Crippen molar-refractivity contribution in [2.24, 2.45) is 0 Å². The molecule has 3 nitrogen and oxygen atoms in total. The normalized spacial score (nSPS) is 10.4. The standard InChI is InChI=1S/C13H13ClN2O/c1-8-5-12(17-3)9(2)4-10(8)11-6-13(14)16-7-15-11/h4-7H,1-3H3. The summed E-state index contributed by atoms with van der Waals surface area (Å²) in [5, 5.41) is 0.447. The molecule has 0 aliphatic heterocycles. The van der Waals surface area contributed by atoms with Crippen molar-refractivity contribution in [3.63, 3.8) is 0 Å². The van der Waals surface area contributed by atoms with Gasteiger partial charge in [0.2, 0.25) is 0 Å². The average Bonchev–Trinajstić information content (AvgIpc) is 2.31. The fraction of sp³-hybridized carbons (Fsp3) is 0.231. The molecule has 0 amide bonds. The summed E-state index contributed by atoms with van der Waals surface area (Å²) in [6.07, 6.45) is 1.47. The van der Waals surface area contributed by atoms with Crippen LogP contribution in [0.3, 0.4) is 0 Å². The van der Waals surface area contributed by atoms with Crippen LogP contribution in [0.1, 0.15) is 11.1 Å². The minimum atomic E-state index is 0.447.